The van der Waals surface area contributed by atoms with Crippen molar-refractivity contribution in [1.82, 2.24) is 14.9 Å². The predicted molar refractivity (Wildman–Crippen MR) is 217 cm³/mol. The third-order valence-electron chi connectivity index (χ3n) is 10.3. The lowest BCUT2D eigenvalue weighted by Crippen LogP contribution is -2.44. The van der Waals surface area contributed by atoms with Crippen LogP contribution in [0.2, 0.25) is 0 Å². The summed E-state index contributed by atoms with van der Waals surface area (Å²) in [6, 6.07) is 23.7. The minimum absolute atomic E-state index is 0. The van der Waals surface area contributed by atoms with Gasteiger partial charge in [0.25, 0.3) is 0 Å². The number of pyridine rings is 2. The Morgan fingerprint density at radius 3 is 1.58 bits per heavy atom. The van der Waals surface area contributed by atoms with Crippen molar-refractivity contribution in [3.63, 3.8) is 0 Å². The molecule has 0 atom stereocenters. The van der Waals surface area contributed by atoms with Crippen LogP contribution in [-0.4, -0.2) is 40.4 Å². The Bertz CT molecular complexity index is 1930. The van der Waals surface area contributed by atoms with Crippen LogP contribution in [0.15, 0.2) is 85.2 Å². The third kappa shape index (κ3) is 10.9. The van der Waals surface area contributed by atoms with E-state index in [0.29, 0.717) is 6.54 Å². The van der Waals surface area contributed by atoms with Gasteiger partial charge in [-0.1, -0.05) is 0 Å². The minimum Gasteiger partial charge on any atom is -0.406 e. The Morgan fingerprint density at radius 2 is 1.11 bits per heavy atom. The lowest BCUT2D eigenvalue weighted by Gasteiger charge is -2.40. The zero-order chi connectivity index (χ0) is 35.6. The molecule has 284 valence electrons. The monoisotopic (exact) mass is 786 g/mol. The molecule has 1 fully saturated rings. The van der Waals surface area contributed by atoms with Gasteiger partial charge in [0.2, 0.25) is 0 Å². The van der Waals surface area contributed by atoms with Crippen molar-refractivity contribution in [1.29, 1.82) is 0 Å². The van der Waals surface area contributed by atoms with Crippen molar-refractivity contribution in [2.75, 3.05) is 18.0 Å². The molecule has 0 saturated carbocycles. The zero-order valence-corrected chi connectivity index (χ0v) is 33.4. The second kappa shape index (κ2) is 18.5. The summed E-state index contributed by atoms with van der Waals surface area (Å²) in [5.74, 6) is -0.222. The topological polar surface area (TPSA) is 41.5 Å². The Balaban J connectivity index is 0.00000252. The fourth-order valence-corrected chi connectivity index (χ4v) is 6.94. The van der Waals surface area contributed by atoms with E-state index < -0.39 is 6.36 Å². The molecule has 53 heavy (non-hydrogen) atoms. The molecule has 3 aromatic carbocycles. The molecule has 1 aliphatic rings. The van der Waals surface area contributed by atoms with Gasteiger partial charge in [-0.05, 0) is 172 Å². The molecule has 3 heterocycles. The summed E-state index contributed by atoms with van der Waals surface area (Å²) in [5.41, 5.74) is 14.9. The van der Waals surface area contributed by atoms with Gasteiger partial charge in [-0.2, -0.15) is 0 Å². The number of benzene rings is 3. The molecule has 11 heteroatoms. The molecule has 0 bridgehead atoms. The second-order valence-electron chi connectivity index (χ2n) is 13.7. The summed E-state index contributed by atoms with van der Waals surface area (Å²) in [6.07, 6.45) is 0.852. The number of anilines is 1. The average molecular weight is 788 g/mol. The van der Waals surface area contributed by atoms with Crippen LogP contribution in [0.4, 0.5) is 18.9 Å². The van der Waals surface area contributed by atoms with E-state index in [1.807, 2.05) is 18.5 Å². The third-order valence-corrected chi connectivity index (χ3v) is 10.3. The van der Waals surface area contributed by atoms with Crippen molar-refractivity contribution in [3.05, 3.63) is 130 Å². The van der Waals surface area contributed by atoms with Crippen LogP contribution in [0, 0.1) is 41.5 Å². The van der Waals surface area contributed by atoms with Gasteiger partial charge in [0, 0.05) is 61.4 Å². The van der Waals surface area contributed by atoms with E-state index in [0.717, 1.165) is 66.2 Å². The van der Waals surface area contributed by atoms with Crippen LogP contribution >= 0.6 is 37.2 Å². The maximum Gasteiger partial charge on any atom is 0.573 e. The number of rotatable bonds is 9. The van der Waals surface area contributed by atoms with Gasteiger partial charge in [-0.25, -0.2) is 0 Å². The number of ether oxygens (including phenoxy) is 1. The van der Waals surface area contributed by atoms with Crippen molar-refractivity contribution in [2.24, 2.45) is 0 Å². The number of hydrogen-bond acceptors (Lipinski definition) is 5. The maximum atomic E-state index is 12.9. The van der Waals surface area contributed by atoms with Gasteiger partial charge >= 0.3 is 6.36 Å². The first-order valence-electron chi connectivity index (χ1n) is 17.2. The number of aryl methyl sites for hydroxylation is 4. The zero-order valence-electron chi connectivity index (χ0n) is 31.0. The summed E-state index contributed by atoms with van der Waals surface area (Å²) in [4.78, 5) is 14.2. The summed E-state index contributed by atoms with van der Waals surface area (Å²) < 4.78 is 43.0. The summed E-state index contributed by atoms with van der Waals surface area (Å²) in [6.45, 7) is 16.1. The fraction of sp³-hybridized carbons (Fsp3) is 0.333. The quantitative estimate of drug-likeness (QED) is 0.149. The van der Waals surface area contributed by atoms with Gasteiger partial charge in [0.15, 0.2) is 0 Å². The molecule has 6 rings (SSSR count). The van der Waals surface area contributed by atoms with Crippen molar-refractivity contribution >= 4 is 42.9 Å². The highest BCUT2D eigenvalue weighted by molar-refractivity contribution is 5.86. The molecule has 0 unspecified atom stereocenters. The lowest BCUT2D eigenvalue weighted by molar-refractivity contribution is -0.274. The molecular formula is C42H48Cl3F3N4O. The fourth-order valence-electron chi connectivity index (χ4n) is 6.94. The highest BCUT2D eigenvalue weighted by Gasteiger charge is 2.31. The van der Waals surface area contributed by atoms with E-state index in [1.54, 1.807) is 12.1 Å². The van der Waals surface area contributed by atoms with Crippen LogP contribution < -0.4 is 9.64 Å². The summed E-state index contributed by atoms with van der Waals surface area (Å²) in [7, 11) is 0. The van der Waals surface area contributed by atoms with E-state index in [4.69, 9.17) is 4.98 Å². The first kappa shape index (κ1) is 43.6. The molecule has 2 aromatic heterocycles. The Morgan fingerprint density at radius 1 is 0.660 bits per heavy atom. The molecule has 0 N–H and O–H groups in total. The van der Waals surface area contributed by atoms with Crippen molar-refractivity contribution < 1.29 is 17.9 Å². The highest BCUT2D eigenvalue weighted by atomic mass is 35.5. The van der Waals surface area contributed by atoms with Gasteiger partial charge < -0.3 is 9.64 Å². The average Bonchev–Trinajstić information content (AvgIpc) is 3.08. The second-order valence-corrected chi connectivity index (χ2v) is 13.7. The number of likely N-dealkylation sites (tertiary alicyclic amines) is 1. The maximum absolute atomic E-state index is 12.9. The SMILES string of the molecule is Cc1cc(-c2cc(CN3CCC(N(Cc4ccnc(-c5cc(C)c(C)c(C)c5)c4)c4ccc(OC(F)(F)F)cc4)CC3)ccn2)cc(C)c1C.Cl.Cl.Cl. The Kier molecular flexibility index (Phi) is 15.2. The highest BCUT2D eigenvalue weighted by Crippen LogP contribution is 2.32. The molecule has 0 spiro atoms. The normalized spacial score (nSPS) is 13.4. The van der Waals surface area contributed by atoms with Gasteiger partial charge in [0.05, 0.1) is 11.4 Å². The first-order chi connectivity index (χ1) is 23.8. The van der Waals surface area contributed by atoms with Crippen LogP contribution in [0.5, 0.6) is 5.75 Å². The van der Waals surface area contributed by atoms with E-state index in [2.05, 4.69) is 104 Å². The van der Waals surface area contributed by atoms with Gasteiger partial charge in [0.1, 0.15) is 5.75 Å². The van der Waals surface area contributed by atoms with E-state index >= 15 is 0 Å². The Labute approximate surface area is 330 Å². The largest absolute Gasteiger partial charge is 0.573 e. The minimum atomic E-state index is -4.73. The van der Waals surface area contributed by atoms with Crippen LogP contribution in [-0.2, 0) is 13.1 Å². The summed E-state index contributed by atoms with van der Waals surface area (Å²) in [5, 5.41) is 0. The molecule has 0 radical (unpaired) electrons. The van der Waals surface area contributed by atoms with Crippen molar-refractivity contribution in [2.45, 2.75) is 79.9 Å². The lowest BCUT2D eigenvalue weighted by atomic mass is 9.97. The number of piperidine rings is 1. The molecular weight excluding hydrogens is 740 g/mol. The van der Waals surface area contributed by atoms with Crippen LogP contribution in [0.25, 0.3) is 22.5 Å². The summed E-state index contributed by atoms with van der Waals surface area (Å²) >= 11 is 0. The molecule has 0 amide bonds. The number of alkyl halides is 3. The van der Waals surface area contributed by atoms with E-state index in [-0.39, 0.29) is 49.0 Å². The smallest absolute Gasteiger partial charge is 0.406 e. The molecule has 1 saturated heterocycles. The van der Waals surface area contributed by atoms with E-state index in [9.17, 15) is 13.2 Å². The predicted octanol–water partition coefficient (Wildman–Crippen LogP) is 11.5. The number of nitrogens with zero attached hydrogens (tertiary/aromatic N) is 4. The Hall–Kier alpha value is -3.82. The molecule has 5 aromatic rings. The standard InChI is InChI=1S/C42H45F3N4O.3ClH/c1-27-19-35(20-28(2)31(27)5)40-23-33(11-15-46-40)25-48-17-13-38(14-18-48)49(37-7-9-39(10-8-37)50-42(43,44)45)26-34-12-16-47-41(24-34)36-21-29(3)32(6)30(4)22-36;;;/h7-12,15-16,19-24,38H,13-14,17-18,25-26H2,1-6H3;3*1H. The number of halogens is 6. The molecule has 5 nitrogen and oxygen atoms in total. The number of hydrogen-bond donors (Lipinski definition) is 0. The van der Waals surface area contributed by atoms with Gasteiger partial charge in [-0.15, -0.1) is 50.4 Å². The molecule has 0 aliphatic carbocycles. The van der Waals surface area contributed by atoms with E-state index in [1.165, 1.54) is 51.1 Å². The van der Waals surface area contributed by atoms with Crippen LogP contribution in [0.1, 0.15) is 57.3 Å². The van der Waals surface area contributed by atoms with Crippen molar-refractivity contribution in [3.8, 4) is 28.3 Å². The van der Waals surface area contributed by atoms with Gasteiger partial charge in [-0.3, -0.25) is 14.9 Å². The van der Waals surface area contributed by atoms with Crippen LogP contribution in [0.3, 0.4) is 0 Å². The number of aromatic nitrogens is 2. The molecule has 1 aliphatic heterocycles. The first-order valence-corrected chi connectivity index (χ1v) is 17.2.